The molecule has 140 valence electrons. The maximum absolute atomic E-state index is 13.8. The van der Waals surface area contributed by atoms with E-state index in [1.807, 2.05) is 0 Å². The van der Waals surface area contributed by atoms with Gasteiger partial charge in [0.05, 0.1) is 16.8 Å². The summed E-state index contributed by atoms with van der Waals surface area (Å²) < 4.78 is 29.9. The number of hydrogen-bond donors (Lipinski definition) is 1. The van der Waals surface area contributed by atoms with Gasteiger partial charge in [-0.15, -0.1) is 0 Å². The number of anilines is 1. The van der Waals surface area contributed by atoms with Gasteiger partial charge in [0.1, 0.15) is 18.2 Å². The fourth-order valence-electron chi connectivity index (χ4n) is 2.98. The van der Waals surface area contributed by atoms with Crippen molar-refractivity contribution in [3.8, 4) is 5.69 Å². The quantitative estimate of drug-likeness (QED) is 0.592. The molecule has 2 aromatic heterocycles. The number of nitrogens with zero attached hydrogens (tertiary/aromatic N) is 3. The molecule has 0 aliphatic heterocycles. The highest BCUT2D eigenvalue weighted by molar-refractivity contribution is 5.91. The van der Waals surface area contributed by atoms with Crippen molar-refractivity contribution in [1.29, 1.82) is 0 Å². The van der Waals surface area contributed by atoms with Crippen LogP contribution >= 0.6 is 0 Å². The molecule has 0 aliphatic carbocycles. The van der Waals surface area contributed by atoms with Crippen LogP contribution in [0.4, 0.5) is 14.5 Å². The van der Waals surface area contributed by atoms with Crippen LogP contribution in [0.25, 0.3) is 16.7 Å². The molecule has 1 N–H and O–H groups in total. The normalized spacial score (nSPS) is 10.9. The second-order valence-corrected chi connectivity index (χ2v) is 6.06. The van der Waals surface area contributed by atoms with E-state index in [9.17, 15) is 18.4 Å². The van der Waals surface area contributed by atoms with Crippen molar-refractivity contribution in [3.63, 3.8) is 0 Å². The lowest BCUT2D eigenvalue weighted by Gasteiger charge is -2.13. The minimum Gasteiger partial charge on any atom is -0.322 e. The standard InChI is InChI=1S/C20H14F2N4O2/c21-13-8-9-16(22)17(11-13)24-18(27)12-25-19-15(7-4-10-23-19)20(28)26(25)14-5-2-1-3-6-14/h1-11H,12H2,(H,24,27). The lowest BCUT2D eigenvalue weighted by molar-refractivity contribution is -0.117. The van der Waals surface area contributed by atoms with Gasteiger partial charge in [0, 0.05) is 12.3 Å². The third-order valence-corrected chi connectivity index (χ3v) is 4.19. The van der Waals surface area contributed by atoms with Crippen LogP contribution in [0.1, 0.15) is 0 Å². The summed E-state index contributed by atoms with van der Waals surface area (Å²) in [5, 5.41) is 2.68. The van der Waals surface area contributed by atoms with Gasteiger partial charge >= 0.3 is 0 Å². The van der Waals surface area contributed by atoms with E-state index in [0.29, 0.717) is 16.7 Å². The SMILES string of the molecule is O=C(Cn1c2ncccc2c(=O)n1-c1ccccc1)Nc1cc(F)ccc1F. The van der Waals surface area contributed by atoms with Crippen LogP contribution in [0.2, 0.25) is 0 Å². The summed E-state index contributed by atoms with van der Waals surface area (Å²) in [6.45, 7) is -0.319. The minimum absolute atomic E-state index is 0.275. The average Bonchev–Trinajstić information content (AvgIpc) is 2.97. The number of pyridine rings is 1. The molecule has 6 nitrogen and oxygen atoms in total. The molecule has 0 radical (unpaired) electrons. The number of nitrogens with one attached hydrogen (secondary N) is 1. The Morgan fingerprint density at radius 1 is 1.04 bits per heavy atom. The van der Waals surface area contributed by atoms with Crippen LogP contribution in [0.5, 0.6) is 0 Å². The van der Waals surface area contributed by atoms with Crippen molar-refractivity contribution in [3.05, 3.63) is 88.8 Å². The van der Waals surface area contributed by atoms with Crippen LogP contribution in [0, 0.1) is 11.6 Å². The number of carbonyl (C=O) groups excluding carboxylic acids is 1. The largest absolute Gasteiger partial charge is 0.322 e. The smallest absolute Gasteiger partial charge is 0.280 e. The van der Waals surface area contributed by atoms with Crippen molar-refractivity contribution in [2.45, 2.75) is 6.54 Å². The Morgan fingerprint density at radius 2 is 1.82 bits per heavy atom. The first kappa shape index (κ1) is 17.6. The van der Waals surface area contributed by atoms with E-state index >= 15 is 0 Å². The van der Waals surface area contributed by atoms with E-state index in [0.717, 1.165) is 18.2 Å². The van der Waals surface area contributed by atoms with Gasteiger partial charge in [-0.05, 0) is 36.4 Å². The monoisotopic (exact) mass is 380 g/mol. The molecular weight excluding hydrogens is 366 g/mol. The Balaban J connectivity index is 1.77. The molecule has 0 bridgehead atoms. The first-order valence-electron chi connectivity index (χ1n) is 8.41. The number of rotatable bonds is 4. The molecule has 4 rings (SSSR count). The van der Waals surface area contributed by atoms with Crippen LogP contribution < -0.4 is 10.9 Å². The molecule has 0 fully saturated rings. The molecule has 28 heavy (non-hydrogen) atoms. The summed E-state index contributed by atoms with van der Waals surface area (Å²) in [6, 6.07) is 14.8. The predicted octanol–water partition coefficient (Wildman–Crippen LogP) is 3.10. The number of halogens is 2. The molecule has 8 heteroatoms. The van der Waals surface area contributed by atoms with Gasteiger partial charge in [0.2, 0.25) is 5.91 Å². The van der Waals surface area contributed by atoms with Crippen molar-refractivity contribution >= 4 is 22.6 Å². The van der Waals surface area contributed by atoms with Gasteiger partial charge in [-0.2, -0.15) is 0 Å². The topological polar surface area (TPSA) is 68.9 Å². The third-order valence-electron chi connectivity index (χ3n) is 4.19. The summed E-state index contributed by atoms with van der Waals surface area (Å²) in [7, 11) is 0. The summed E-state index contributed by atoms with van der Waals surface area (Å²) in [5.41, 5.74) is 0.253. The lowest BCUT2D eigenvalue weighted by atomic mass is 10.3. The van der Waals surface area contributed by atoms with Crippen LogP contribution in [0.15, 0.2) is 71.7 Å². The van der Waals surface area contributed by atoms with Crippen LogP contribution in [-0.2, 0) is 11.3 Å². The Hall–Kier alpha value is -3.81. The first-order valence-corrected chi connectivity index (χ1v) is 8.41. The molecule has 0 atom stereocenters. The van der Waals surface area contributed by atoms with Crippen molar-refractivity contribution < 1.29 is 13.6 Å². The third kappa shape index (κ3) is 3.16. The van der Waals surface area contributed by atoms with E-state index in [1.54, 1.807) is 42.5 Å². The maximum Gasteiger partial charge on any atom is 0.280 e. The number of amides is 1. The minimum atomic E-state index is -0.759. The van der Waals surface area contributed by atoms with Crippen LogP contribution in [0.3, 0.4) is 0 Å². The molecule has 2 heterocycles. The second-order valence-electron chi connectivity index (χ2n) is 6.06. The number of carbonyl (C=O) groups is 1. The zero-order valence-electron chi connectivity index (χ0n) is 14.5. The Bertz CT molecular complexity index is 1230. The van der Waals surface area contributed by atoms with E-state index in [4.69, 9.17) is 0 Å². The van der Waals surface area contributed by atoms with E-state index in [1.165, 1.54) is 15.6 Å². The maximum atomic E-state index is 13.8. The van der Waals surface area contributed by atoms with Gasteiger partial charge in [0.15, 0.2) is 5.65 Å². The van der Waals surface area contributed by atoms with E-state index in [-0.39, 0.29) is 17.8 Å². The zero-order valence-corrected chi connectivity index (χ0v) is 14.5. The number of para-hydroxylation sites is 1. The van der Waals surface area contributed by atoms with E-state index < -0.39 is 17.5 Å². The molecule has 0 saturated heterocycles. The lowest BCUT2D eigenvalue weighted by Crippen LogP contribution is -2.27. The Morgan fingerprint density at radius 3 is 2.61 bits per heavy atom. The molecule has 0 spiro atoms. The Labute approximate surface area is 157 Å². The van der Waals surface area contributed by atoms with Gasteiger partial charge in [-0.3, -0.25) is 14.3 Å². The van der Waals surface area contributed by atoms with Gasteiger partial charge in [-0.1, -0.05) is 18.2 Å². The van der Waals surface area contributed by atoms with Gasteiger partial charge < -0.3 is 5.32 Å². The zero-order chi connectivity index (χ0) is 19.7. The number of benzene rings is 2. The fraction of sp³-hybridized carbons (Fsp3) is 0.0500. The highest BCUT2D eigenvalue weighted by Crippen LogP contribution is 2.17. The van der Waals surface area contributed by atoms with E-state index in [2.05, 4.69) is 10.3 Å². The molecule has 0 aliphatic rings. The Kier molecular flexibility index (Phi) is 4.44. The van der Waals surface area contributed by atoms with Crippen molar-refractivity contribution in [2.75, 3.05) is 5.32 Å². The molecule has 1 amide bonds. The van der Waals surface area contributed by atoms with Crippen LogP contribution in [-0.4, -0.2) is 20.3 Å². The first-order chi connectivity index (χ1) is 13.5. The molecule has 0 saturated carbocycles. The number of hydrogen-bond acceptors (Lipinski definition) is 3. The molecular formula is C20H14F2N4O2. The molecule has 0 unspecified atom stereocenters. The molecule has 4 aromatic rings. The summed E-state index contributed by atoms with van der Waals surface area (Å²) >= 11 is 0. The number of aromatic nitrogens is 3. The summed E-state index contributed by atoms with van der Waals surface area (Å²) in [6.07, 6.45) is 1.51. The van der Waals surface area contributed by atoms with Crippen molar-refractivity contribution in [2.24, 2.45) is 0 Å². The molecule has 2 aromatic carbocycles. The van der Waals surface area contributed by atoms with Gasteiger partial charge in [0.25, 0.3) is 5.56 Å². The second kappa shape index (κ2) is 7.07. The highest BCUT2D eigenvalue weighted by atomic mass is 19.1. The average molecular weight is 380 g/mol. The predicted molar refractivity (Wildman–Crippen MR) is 100 cm³/mol. The highest BCUT2D eigenvalue weighted by Gasteiger charge is 2.18. The van der Waals surface area contributed by atoms with Crippen molar-refractivity contribution in [1.82, 2.24) is 14.3 Å². The summed E-state index contributed by atoms with van der Waals surface area (Å²) in [5.74, 6) is -2.06. The number of fused-ring (bicyclic) bond motifs is 1. The van der Waals surface area contributed by atoms with Gasteiger partial charge in [-0.25, -0.2) is 18.4 Å². The summed E-state index contributed by atoms with van der Waals surface area (Å²) in [4.78, 5) is 29.6. The fourth-order valence-corrected chi connectivity index (χ4v) is 2.98.